The van der Waals surface area contributed by atoms with Crippen molar-refractivity contribution in [2.45, 2.75) is 6.92 Å². The Morgan fingerprint density at radius 1 is 0.486 bits per heavy atom. The molecule has 0 amide bonds. The third-order valence-corrected chi connectivity index (χ3v) is 7.15. The van der Waals surface area contributed by atoms with Crippen LogP contribution in [0.25, 0.3) is 55.7 Å². The molecule has 0 bridgehead atoms. The Bertz CT molecular complexity index is 1810. The maximum absolute atomic E-state index is 5.13. The van der Waals surface area contributed by atoms with E-state index in [2.05, 4.69) is 144 Å². The highest BCUT2D eigenvalue weighted by molar-refractivity contribution is 6.09. The molecule has 0 spiro atoms. The fourth-order valence-electron chi connectivity index (χ4n) is 5.43. The van der Waals surface area contributed by atoms with Crippen molar-refractivity contribution in [3.63, 3.8) is 0 Å². The smallest absolute Gasteiger partial charge is 0.0963 e. The topological polar surface area (TPSA) is 22.8 Å². The van der Waals surface area contributed by atoms with Crippen molar-refractivity contribution in [1.29, 1.82) is 0 Å². The summed E-state index contributed by atoms with van der Waals surface area (Å²) in [6.45, 7) is 2.17. The standard InChI is InChI=1S/C34H25N3/c1-24-33(25-12-4-2-5-13-25)35-37(34(24)26-14-6-3-7-15-26)28-22-20-27(21-23-28)36-31-18-10-8-16-29(31)30-17-9-11-19-32(30)36/h2-23H,1H3. The van der Waals surface area contributed by atoms with E-state index in [1.165, 1.54) is 27.4 Å². The van der Waals surface area contributed by atoms with Crippen LogP contribution in [-0.2, 0) is 0 Å². The van der Waals surface area contributed by atoms with Gasteiger partial charge in [-0.2, -0.15) is 5.10 Å². The predicted octanol–water partition coefficient (Wildman–Crippen LogP) is 8.61. The number of benzene rings is 5. The first-order valence-electron chi connectivity index (χ1n) is 12.6. The van der Waals surface area contributed by atoms with Gasteiger partial charge in [0.1, 0.15) is 0 Å². The largest absolute Gasteiger partial charge is 0.309 e. The quantitative estimate of drug-likeness (QED) is 0.250. The Hall–Kier alpha value is -4.89. The van der Waals surface area contributed by atoms with Gasteiger partial charge in [0.2, 0.25) is 0 Å². The highest BCUT2D eigenvalue weighted by atomic mass is 15.3. The van der Waals surface area contributed by atoms with Crippen LogP contribution in [0.1, 0.15) is 5.56 Å². The molecule has 37 heavy (non-hydrogen) atoms. The second kappa shape index (κ2) is 8.65. The molecule has 3 heteroatoms. The summed E-state index contributed by atoms with van der Waals surface area (Å²) < 4.78 is 4.43. The van der Waals surface area contributed by atoms with Crippen LogP contribution in [0.2, 0.25) is 0 Å². The third kappa shape index (κ3) is 3.47. The molecule has 0 atom stereocenters. The van der Waals surface area contributed by atoms with Crippen LogP contribution in [-0.4, -0.2) is 14.3 Å². The molecule has 2 heterocycles. The summed E-state index contributed by atoms with van der Waals surface area (Å²) in [5, 5.41) is 7.66. The predicted molar refractivity (Wildman–Crippen MR) is 154 cm³/mol. The summed E-state index contributed by atoms with van der Waals surface area (Å²) in [5.74, 6) is 0. The Morgan fingerprint density at radius 2 is 0.973 bits per heavy atom. The Morgan fingerprint density at radius 3 is 1.57 bits per heavy atom. The van der Waals surface area contributed by atoms with Gasteiger partial charge in [-0.25, -0.2) is 4.68 Å². The number of fused-ring (bicyclic) bond motifs is 3. The lowest BCUT2D eigenvalue weighted by Crippen LogP contribution is -2.01. The minimum absolute atomic E-state index is 1.01. The molecular formula is C34H25N3. The first-order chi connectivity index (χ1) is 18.3. The van der Waals surface area contributed by atoms with Crippen molar-refractivity contribution in [2.24, 2.45) is 0 Å². The molecule has 0 saturated carbocycles. The summed E-state index contributed by atoms with van der Waals surface area (Å²) >= 11 is 0. The van der Waals surface area contributed by atoms with E-state index in [0.29, 0.717) is 0 Å². The van der Waals surface area contributed by atoms with E-state index in [-0.39, 0.29) is 0 Å². The van der Waals surface area contributed by atoms with Gasteiger partial charge in [0.05, 0.1) is 28.1 Å². The molecule has 0 N–H and O–H groups in total. The summed E-state index contributed by atoms with van der Waals surface area (Å²) in [5.41, 5.74) is 10.2. The Labute approximate surface area is 215 Å². The van der Waals surface area contributed by atoms with E-state index in [9.17, 15) is 0 Å². The summed E-state index contributed by atoms with van der Waals surface area (Å²) in [7, 11) is 0. The van der Waals surface area contributed by atoms with Gasteiger partial charge in [-0.1, -0.05) is 97.1 Å². The molecule has 5 aromatic carbocycles. The minimum atomic E-state index is 1.01. The van der Waals surface area contributed by atoms with Crippen LogP contribution < -0.4 is 0 Å². The Kier molecular flexibility index (Phi) is 5.00. The van der Waals surface area contributed by atoms with Gasteiger partial charge in [0.15, 0.2) is 0 Å². The molecule has 0 fully saturated rings. The molecule has 7 rings (SSSR count). The van der Waals surface area contributed by atoms with E-state index in [0.717, 1.165) is 33.9 Å². The first kappa shape index (κ1) is 21.4. The van der Waals surface area contributed by atoms with Crippen molar-refractivity contribution < 1.29 is 0 Å². The molecule has 2 aromatic heterocycles. The van der Waals surface area contributed by atoms with Crippen LogP contribution in [0, 0.1) is 6.92 Å². The van der Waals surface area contributed by atoms with Crippen molar-refractivity contribution in [1.82, 2.24) is 14.3 Å². The molecule has 176 valence electrons. The van der Waals surface area contributed by atoms with Gasteiger partial charge in [-0.3, -0.25) is 0 Å². The molecule has 0 radical (unpaired) electrons. The van der Waals surface area contributed by atoms with Gasteiger partial charge in [0, 0.05) is 33.2 Å². The van der Waals surface area contributed by atoms with Gasteiger partial charge in [-0.05, 0) is 43.3 Å². The number of hydrogen-bond donors (Lipinski definition) is 0. The van der Waals surface area contributed by atoms with Crippen LogP contribution in [0.3, 0.4) is 0 Å². The monoisotopic (exact) mass is 475 g/mol. The highest BCUT2D eigenvalue weighted by Gasteiger charge is 2.19. The van der Waals surface area contributed by atoms with E-state index in [1.807, 2.05) is 6.07 Å². The van der Waals surface area contributed by atoms with Gasteiger partial charge in [-0.15, -0.1) is 0 Å². The van der Waals surface area contributed by atoms with Crippen molar-refractivity contribution in [3.8, 4) is 33.9 Å². The minimum Gasteiger partial charge on any atom is -0.309 e. The molecule has 7 aromatic rings. The van der Waals surface area contributed by atoms with E-state index < -0.39 is 0 Å². The average Bonchev–Trinajstić information content (AvgIpc) is 3.49. The molecule has 0 aliphatic carbocycles. The molecule has 0 unspecified atom stereocenters. The second-order valence-electron chi connectivity index (χ2n) is 9.35. The number of aromatic nitrogens is 3. The van der Waals surface area contributed by atoms with Crippen LogP contribution >= 0.6 is 0 Å². The lowest BCUT2D eigenvalue weighted by Gasteiger charge is -2.12. The zero-order valence-corrected chi connectivity index (χ0v) is 20.5. The number of hydrogen-bond acceptors (Lipinski definition) is 1. The normalized spacial score (nSPS) is 11.4. The molecule has 3 nitrogen and oxygen atoms in total. The van der Waals surface area contributed by atoms with Crippen molar-refractivity contribution >= 4 is 21.8 Å². The van der Waals surface area contributed by atoms with E-state index in [1.54, 1.807) is 0 Å². The molecular weight excluding hydrogens is 450 g/mol. The number of nitrogens with zero attached hydrogens (tertiary/aromatic N) is 3. The zero-order valence-electron chi connectivity index (χ0n) is 20.5. The zero-order chi connectivity index (χ0) is 24.8. The van der Waals surface area contributed by atoms with Gasteiger partial charge >= 0.3 is 0 Å². The maximum Gasteiger partial charge on any atom is 0.0963 e. The number of para-hydroxylation sites is 2. The first-order valence-corrected chi connectivity index (χ1v) is 12.6. The summed E-state index contributed by atoms with van der Waals surface area (Å²) in [6, 6.07) is 46.9. The fraction of sp³-hybridized carbons (Fsp3) is 0.0294. The SMILES string of the molecule is Cc1c(-c2ccccc2)nn(-c2ccc(-n3c4ccccc4c4ccccc43)cc2)c1-c1ccccc1. The van der Waals surface area contributed by atoms with Crippen LogP contribution in [0.15, 0.2) is 133 Å². The molecule has 0 aliphatic rings. The lowest BCUT2D eigenvalue weighted by molar-refractivity contribution is 0.891. The van der Waals surface area contributed by atoms with Crippen LogP contribution in [0.5, 0.6) is 0 Å². The fourth-order valence-corrected chi connectivity index (χ4v) is 5.43. The van der Waals surface area contributed by atoms with Gasteiger partial charge in [0.25, 0.3) is 0 Å². The average molecular weight is 476 g/mol. The Balaban J connectivity index is 1.40. The van der Waals surface area contributed by atoms with Crippen molar-refractivity contribution in [3.05, 3.63) is 139 Å². The van der Waals surface area contributed by atoms with Gasteiger partial charge < -0.3 is 4.57 Å². The highest BCUT2D eigenvalue weighted by Crippen LogP contribution is 2.35. The molecule has 0 saturated heterocycles. The van der Waals surface area contributed by atoms with E-state index >= 15 is 0 Å². The van der Waals surface area contributed by atoms with Crippen LogP contribution in [0.4, 0.5) is 0 Å². The lowest BCUT2D eigenvalue weighted by atomic mass is 10.0. The van der Waals surface area contributed by atoms with Crippen molar-refractivity contribution in [2.75, 3.05) is 0 Å². The number of rotatable bonds is 4. The third-order valence-electron chi connectivity index (χ3n) is 7.15. The summed E-state index contributed by atoms with van der Waals surface area (Å²) in [6.07, 6.45) is 0. The maximum atomic E-state index is 5.13. The van der Waals surface area contributed by atoms with E-state index in [4.69, 9.17) is 5.10 Å². The summed E-state index contributed by atoms with van der Waals surface area (Å²) in [4.78, 5) is 0. The molecule has 0 aliphatic heterocycles. The second-order valence-corrected chi connectivity index (χ2v) is 9.35.